The van der Waals surface area contributed by atoms with E-state index >= 15 is 0 Å². The molecule has 0 aliphatic carbocycles. The van der Waals surface area contributed by atoms with Gasteiger partial charge in [0, 0.05) is 13.2 Å². The molecule has 0 amide bonds. The first-order chi connectivity index (χ1) is 5.54. The van der Waals surface area contributed by atoms with Gasteiger partial charge >= 0.3 is 23.1 Å². The van der Waals surface area contributed by atoms with Crippen molar-refractivity contribution < 1.29 is 18.8 Å². The second-order valence-electron chi connectivity index (χ2n) is 1.71. The average molecular weight is 238 g/mol. The Hall–Kier alpha value is 1.47. The van der Waals surface area contributed by atoms with Crippen molar-refractivity contribution in [2.24, 2.45) is 0 Å². The summed E-state index contributed by atoms with van der Waals surface area (Å²) in [4.78, 5) is 19.9. The van der Waals surface area contributed by atoms with Gasteiger partial charge in [0.2, 0.25) is 0 Å². The second kappa shape index (κ2) is 15.9. The van der Waals surface area contributed by atoms with Gasteiger partial charge in [0.25, 0.3) is 0 Å². The van der Waals surface area contributed by atoms with E-state index in [2.05, 4.69) is 9.05 Å². The van der Waals surface area contributed by atoms with Gasteiger partial charge in [-0.1, -0.05) is 16.8 Å². The molecule has 0 spiro atoms. The fourth-order valence-electron chi connectivity index (χ4n) is 0.364. The molecule has 0 heterocycles. The van der Waals surface area contributed by atoms with E-state index in [0.717, 1.165) is 0 Å². The van der Waals surface area contributed by atoms with Crippen molar-refractivity contribution in [1.82, 2.24) is 0 Å². The molecule has 0 saturated carbocycles. The van der Waals surface area contributed by atoms with Crippen molar-refractivity contribution in [1.29, 1.82) is 0 Å². The summed E-state index contributed by atoms with van der Waals surface area (Å²) in [6.07, 6.45) is 0. The van der Waals surface area contributed by atoms with Crippen molar-refractivity contribution in [2.75, 3.05) is 26.5 Å². The molecule has 7 heteroatoms. The van der Waals surface area contributed by atoms with Gasteiger partial charge in [0.1, 0.15) is 0 Å². The third-order valence-electron chi connectivity index (χ3n) is 0.622. The molecule has 76 valence electrons. The molecular formula is C6H16MgO4P2. The number of hydrogen-bond donors (Lipinski definition) is 0. The Labute approximate surface area is 99.0 Å². The Kier molecular flexibility index (Phi) is 24.4. The van der Waals surface area contributed by atoms with Crippen molar-refractivity contribution in [2.45, 2.75) is 13.8 Å². The average Bonchev–Trinajstić information content (AvgIpc) is 1.87. The van der Waals surface area contributed by atoms with Gasteiger partial charge in [0.15, 0.2) is 0 Å². The zero-order chi connectivity index (χ0) is 9.98. The van der Waals surface area contributed by atoms with E-state index < -0.39 is 16.8 Å². The Bertz CT molecular complexity index is 75.0. The maximum Gasteiger partial charge on any atom is 2.00 e. The van der Waals surface area contributed by atoms with Gasteiger partial charge in [-0.3, -0.25) is 0 Å². The Morgan fingerprint density at radius 1 is 0.923 bits per heavy atom. The van der Waals surface area contributed by atoms with Gasteiger partial charge < -0.3 is 18.8 Å². The minimum Gasteiger partial charge on any atom is -0.808 e. The molecule has 0 aliphatic rings. The zero-order valence-electron chi connectivity index (χ0n) is 8.65. The van der Waals surface area contributed by atoms with E-state index in [4.69, 9.17) is 0 Å². The fourth-order valence-corrected chi connectivity index (χ4v) is 1.09. The summed E-state index contributed by atoms with van der Waals surface area (Å²) in [5.74, 6) is 0. The molecule has 4 nitrogen and oxygen atoms in total. The zero-order valence-corrected chi connectivity index (χ0v) is 11.9. The minimum atomic E-state index is -1.35. The van der Waals surface area contributed by atoms with E-state index in [9.17, 15) is 9.79 Å². The van der Waals surface area contributed by atoms with Crippen LogP contribution >= 0.6 is 16.8 Å². The van der Waals surface area contributed by atoms with Crippen LogP contribution in [0.3, 0.4) is 0 Å². The SMILES string of the molecule is CCOP(C)[O-].CCOP(C)[O-].[Mg+2]. The van der Waals surface area contributed by atoms with E-state index in [1.807, 2.05) is 13.8 Å². The summed E-state index contributed by atoms with van der Waals surface area (Å²) in [7, 11) is -2.70. The van der Waals surface area contributed by atoms with Gasteiger partial charge in [-0.05, 0) is 27.2 Å². The van der Waals surface area contributed by atoms with E-state index in [1.54, 1.807) is 13.3 Å². The first-order valence-corrected chi connectivity index (χ1v) is 6.87. The van der Waals surface area contributed by atoms with Crippen LogP contribution in [0.5, 0.6) is 0 Å². The first-order valence-electron chi connectivity index (χ1n) is 3.62. The predicted molar refractivity (Wildman–Crippen MR) is 54.7 cm³/mol. The van der Waals surface area contributed by atoms with E-state index in [-0.39, 0.29) is 23.1 Å². The van der Waals surface area contributed by atoms with Crippen LogP contribution in [0.25, 0.3) is 0 Å². The molecule has 13 heavy (non-hydrogen) atoms. The molecule has 0 aliphatic heterocycles. The standard InChI is InChI=1S/2C3H8O2P.Mg/c2*1-3-5-6(2)4;/h2*3H2,1-2H3;/q2*-1;+2. The summed E-state index contributed by atoms with van der Waals surface area (Å²) in [5.41, 5.74) is 0. The van der Waals surface area contributed by atoms with Crippen molar-refractivity contribution in [3.63, 3.8) is 0 Å². The monoisotopic (exact) mass is 238 g/mol. The molecule has 0 aromatic heterocycles. The maximum absolute atomic E-state index is 9.97. The first kappa shape index (κ1) is 20.0. The topological polar surface area (TPSA) is 64.6 Å². The summed E-state index contributed by atoms with van der Waals surface area (Å²) >= 11 is 0. The van der Waals surface area contributed by atoms with Crippen LogP contribution in [-0.2, 0) is 9.05 Å². The summed E-state index contributed by atoms with van der Waals surface area (Å²) in [6, 6.07) is 0. The van der Waals surface area contributed by atoms with Crippen LogP contribution in [0.2, 0.25) is 0 Å². The molecule has 0 aromatic carbocycles. The number of rotatable bonds is 4. The molecule has 0 fully saturated rings. The summed E-state index contributed by atoms with van der Waals surface area (Å²) in [6.45, 7) is 7.81. The number of hydrogen-bond acceptors (Lipinski definition) is 4. The fraction of sp³-hybridized carbons (Fsp3) is 1.00. The Balaban J connectivity index is -0.000000143. The molecule has 0 rings (SSSR count). The van der Waals surface area contributed by atoms with Crippen LogP contribution in [0.1, 0.15) is 13.8 Å². The molecular weight excluding hydrogens is 222 g/mol. The minimum absolute atomic E-state index is 0. The van der Waals surface area contributed by atoms with Crippen LogP contribution in [0.15, 0.2) is 0 Å². The quantitative estimate of drug-likeness (QED) is 0.521. The molecule has 0 N–H and O–H groups in total. The summed E-state index contributed by atoms with van der Waals surface area (Å²) < 4.78 is 9.10. The molecule has 0 aromatic rings. The van der Waals surface area contributed by atoms with E-state index in [1.165, 1.54) is 0 Å². The largest absolute Gasteiger partial charge is 2.00 e. The summed E-state index contributed by atoms with van der Waals surface area (Å²) in [5, 5.41) is 0. The van der Waals surface area contributed by atoms with Crippen molar-refractivity contribution in [3.8, 4) is 0 Å². The molecule has 0 saturated heterocycles. The van der Waals surface area contributed by atoms with Gasteiger partial charge in [-0.15, -0.1) is 0 Å². The van der Waals surface area contributed by atoms with Crippen LogP contribution in [-0.4, -0.2) is 49.6 Å². The molecule has 2 unspecified atom stereocenters. The Morgan fingerprint density at radius 3 is 1.15 bits per heavy atom. The maximum atomic E-state index is 9.97. The van der Waals surface area contributed by atoms with Crippen LogP contribution in [0, 0.1) is 0 Å². The van der Waals surface area contributed by atoms with E-state index in [0.29, 0.717) is 13.2 Å². The predicted octanol–water partition coefficient (Wildman–Crippen LogP) is 0.269. The van der Waals surface area contributed by atoms with Crippen LogP contribution in [0.4, 0.5) is 0 Å². The normalized spacial score (nSPS) is 13.4. The van der Waals surface area contributed by atoms with Gasteiger partial charge in [-0.25, -0.2) is 0 Å². The second-order valence-corrected chi connectivity index (χ2v) is 3.99. The molecule has 0 radical (unpaired) electrons. The molecule has 0 bridgehead atoms. The Morgan fingerprint density at radius 2 is 1.15 bits per heavy atom. The third-order valence-corrected chi connectivity index (χ3v) is 1.87. The van der Waals surface area contributed by atoms with Gasteiger partial charge in [0.05, 0.1) is 0 Å². The third kappa shape index (κ3) is 31.8. The van der Waals surface area contributed by atoms with Gasteiger partial charge in [-0.2, -0.15) is 0 Å². The molecule has 2 atom stereocenters. The van der Waals surface area contributed by atoms with Crippen molar-refractivity contribution >= 4 is 39.8 Å². The smallest absolute Gasteiger partial charge is 0.808 e. The van der Waals surface area contributed by atoms with Crippen molar-refractivity contribution in [3.05, 3.63) is 0 Å². The van der Waals surface area contributed by atoms with Crippen LogP contribution < -0.4 is 9.79 Å².